The fourth-order valence-corrected chi connectivity index (χ4v) is 3.47. The number of carbonyl (C=O) groups excluding carboxylic acids is 1. The molecule has 0 spiro atoms. The number of carbonyl (C=O) groups is 1. The molecule has 0 aliphatic heterocycles. The number of amides is 1. The minimum absolute atomic E-state index is 0.0472. The highest BCUT2D eigenvalue weighted by Crippen LogP contribution is 2.33. The van der Waals surface area contributed by atoms with Crippen molar-refractivity contribution in [1.29, 1.82) is 5.26 Å². The van der Waals surface area contributed by atoms with Gasteiger partial charge in [0.2, 0.25) is 5.91 Å². The number of nitrogens with zero attached hydrogens (tertiary/aromatic N) is 2. The van der Waals surface area contributed by atoms with Crippen LogP contribution in [0.25, 0.3) is 11.1 Å². The fourth-order valence-electron chi connectivity index (χ4n) is 3.47. The first kappa shape index (κ1) is 30.7. The van der Waals surface area contributed by atoms with Gasteiger partial charge < -0.3 is 19.7 Å². The third-order valence-corrected chi connectivity index (χ3v) is 6.08. The molecule has 2 aromatic carbocycles. The Morgan fingerprint density at radius 1 is 1.17 bits per heavy atom. The van der Waals surface area contributed by atoms with Crippen molar-refractivity contribution in [3.8, 4) is 22.9 Å². The number of hydrogen-bond donors (Lipinski definition) is 1. The van der Waals surface area contributed by atoms with E-state index in [0.717, 1.165) is 24.3 Å². The molecule has 1 N–H and O–H groups in total. The molecule has 0 heterocycles. The Morgan fingerprint density at radius 2 is 1.83 bits per heavy atom. The smallest absolute Gasteiger partial charge is 0.249 e. The Morgan fingerprint density at radius 3 is 2.39 bits per heavy atom. The molecule has 1 amide bonds. The lowest BCUT2D eigenvalue weighted by Crippen LogP contribution is -2.36. The molecule has 6 heteroatoms. The maximum absolute atomic E-state index is 11.5. The summed E-state index contributed by atoms with van der Waals surface area (Å²) in [5.74, 6) is 1.38. The number of anilines is 1. The van der Waals surface area contributed by atoms with E-state index in [1.165, 1.54) is 23.1 Å². The molecule has 2 aromatic rings. The van der Waals surface area contributed by atoms with Crippen molar-refractivity contribution in [2.24, 2.45) is 5.92 Å². The van der Waals surface area contributed by atoms with E-state index in [9.17, 15) is 4.79 Å². The lowest BCUT2D eigenvalue weighted by Gasteiger charge is -2.18. The maximum Gasteiger partial charge on any atom is 0.249 e. The van der Waals surface area contributed by atoms with E-state index in [0.29, 0.717) is 18.9 Å². The van der Waals surface area contributed by atoms with Crippen LogP contribution in [0.1, 0.15) is 52.0 Å². The molecule has 2 rings (SSSR count). The minimum atomic E-state index is -0.416. The molecule has 0 aliphatic carbocycles. The van der Waals surface area contributed by atoms with E-state index < -0.39 is 6.10 Å². The van der Waals surface area contributed by atoms with Gasteiger partial charge in [0.15, 0.2) is 0 Å². The van der Waals surface area contributed by atoms with E-state index in [4.69, 9.17) is 14.7 Å². The summed E-state index contributed by atoms with van der Waals surface area (Å²) in [6, 6.07) is 16.6. The zero-order valence-corrected chi connectivity index (χ0v) is 22.8. The molecule has 0 fully saturated rings. The van der Waals surface area contributed by atoms with Crippen molar-refractivity contribution in [3.05, 3.63) is 60.8 Å². The van der Waals surface area contributed by atoms with Crippen LogP contribution >= 0.6 is 0 Å². The summed E-state index contributed by atoms with van der Waals surface area (Å²) in [5.41, 5.74) is 4.65. The number of nitrogens with one attached hydrogen (secondary N) is 1. The van der Waals surface area contributed by atoms with E-state index in [2.05, 4.69) is 69.1 Å². The van der Waals surface area contributed by atoms with E-state index in [-0.39, 0.29) is 12.5 Å². The predicted octanol–water partition coefficient (Wildman–Crippen LogP) is 6.50. The largest absolute Gasteiger partial charge is 0.495 e. The third kappa shape index (κ3) is 10.5. The molecule has 6 nitrogen and oxygen atoms in total. The summed E-state index contributed by atoms with van der Waals surface area (Å²) >= 11 is 0. The predicted molar refractivity (Wildman–Crippen MR) is 149 cm³/mol. The Hall–Kier alpha value is -3.30. The van der Waals surface area contributed by atoms with Crippen molar-refractivity contribution in [2.45, 2.75) is 59.5 Å². The first-order chi connectivity index (χ1) is 17.3. The highest BCUT2D eigenvalue weighted by molar-refractivity contribution is 5.80. The minimum Gasteiger partial charge on any atom is -0.495 e. The monoisotopic (exact) mass is 493 g/mol. The van der Waals surface area contributed by atoms with Crippen LogP contribution in [0, 0.1) is 24.2 Å². The standard InChI is InChI=1S/C17H19NO.C13H24N2O2/c1-5-18(3)16-12-15(10-11-17(16)19-4)14-8-6-13(2)7-9-14;1-4-11(3)7-6-10-17-12(5-2)13(16)15-9-8-14/h5-12H,1H2,2-4H3;11-12H,4-7,9-10H2,1-3H3,(H,15,16)/t;11?,12-/m.0/s1. The first-order valence-corrected chi connectivity index (χ1v) is 12.7. The summed E-state index contributed by atoms with van der Waals surface area (Å²) in [7, 11) is 3.64. The van der Waals surface area contributed by atoms with Crippen molar-refractivity contribution >= 4 is 11.6 Å². The Kier molecular flexibility index (Phi) is 14.7. The number of nitriles is 1. The number of rotatable bonds is 13. The van der Waals surface area contributed by atoms with Gasteiger partial charge in [-0.05, 0) is 61.6 Å². The summed E-state index contributed by atoms with van der Waals surface area (Å²) in [5, 5.41) is 10.9. The Balaban J connectivity index is 0.000000363. The number of ether oxygens (including phenoxy) is 2. The second-order valence-corrected chi connectivity index (χ2v) is 8.85. The quantitative estimate of drug-likeness (QED) is 0.255. The van der Waals surface area contributed by atoms with Crippen molar-refractivity contribution in [3.63, 3.8) is 0 Å². The lowest BCUT2D eigenvalue weighted by molar-refractivity contribution is -0.132. The molecular formula is C30H43N3O3. The Bertz CT molecular complexity index is 966. The molecule has 1 unspecified atom stereocenters. The number of aryl methyl sites for hydroxylation is 1. The third-order valence-electron chi connectivity index (χ3n) is 6.08. The van der Waals surface area contributed by atoms with Gasteiger partial charge in [-0.2, -0.15) is 5.26 Å². The van der Waals surface area contributed by atoms with Gasteiger partial charge in [0, 0.05) is 13.7 Å². The van der Waals surface area contributed by atoms with Gasteiger partial charge in [-0.1, -0.05) is 69.7 Å². The average molecular weight is 494 g/mol. The normalized spacial score (nSPS) is 11.8. The summed E-state index contributed by atoms with van der Waals surface area (Å²) in [6.45, 7) is 12.9. The van der Waals surface area contributed by atoms with Gasteiger partial charge in [0.25, 0.3) is 0 Å². The van der Waals surface area contributed by atoms with E-state index in [1.807, 2.05) is 31.0 Å². The van der Waals surface area contributed by atoms with Gasteiger partial charge in [-0.25, -0.2) is 0 Å². The second-order valence-electron chi connectivity index (χ2n) is 8.85. The number of benzene rings is 2. The second kappa shape index (κ2) is 17.2. The molecule has 2 atom stereocenters. The van der Waals surface area contributed by atoms with Gasteiger partial charge >= 0.3 is 0 Å². The van der Waals surface area contributed by atoms with Crippen molar-refractivity contribution in [1.82, 2.24) is 5.32 Å². The topological polar surface area (TPSA) is 74.6 Å². The van der Waals surface area contributed by atoms with Crippen LogP contribution in [0.3, 0.4) is 0 Å². The molecule has 0 saturated heterocycles. The zero-order chi connectivity index (χ0) is 26.9. The molecular weight excluding hydrogens is 450 g/mol. The van der Waals surface area contributed by atoms with Crippen LogP contribution < -0.4 is 15.0 Å². The van der Waals surface area contributed by atoms with Crippen LogP contribution in [0.5, 0.6) is 5.75 Å². The number of methoxy groups -OCH3 is 1. The summed E-state index contributed by atoms with van der Waals surface area (Å²) in [4.78, 5) is 13.5. The summed E-state index contributed by atoms with van der Waals surface area (Å²) < 4.78 is 10.9. The number of hydrogen-bond acceptors (Lipinski definition) is 5. The molecule has 0 aromatic heterocycles. The zero-order valence-electron chi connectivity index (χ0n) is 22.8. The highest BCUT2D eigenvalue weighted by Gasteiger charge is 2.16. The van der Waals surface area contributed by atoms with Crippen molar-refractivity contribution < 1.29 is 14.3 Å². The van der Waals surface area contributed by atoms with E-state index in [1.54, 1.807) is 13.3 Å². The first-order valence-electron chi connectivity index (χ1n) is 12.7. The summed E-state index contributed by atoms with van der Waals surface area (Å²) in [6.07, 6.45) is 5.29. The molecule has 36 heavy (non-hydrogen) atoms. The lowest BCUT2D eigenvalue weighted by atomic mass is 10.0. The van der Waals surface area contributed by atoms with Crippen LogP contribution in [0.2, 0.25) is 0 Å². The molecule has 0 bridgehead atoms. The van der Waals surface area contributed by atoms with Crippen LogP contribution in [0.15, 0.2) is 55.2 Å². The average Bonchev–Trinajstić information content (AvgIpc) is 2.91. The van der Waals surface area contributed by atoms with Gasteiger partial charge in [-0.15, -0.1) is 0 Å². The molecule has 0 aliphatic rings. The van der Waals surface area contributed by atoms with Crippen LogP contribution in [-0.4, -0.2) is 39.3 Å². The van der Waals surface area contributed by atoms with Crippen LogP contribution in [-0.2, 0) is 9.53 Å². The SMILES string of the molecule is C=CN(C)c1cc(-c2ccc(C)cc2)ccc1OC.CCC(C)CCCO[C@@H](CC)C(=O)NCC#N. The Labute approximate surface area is 217 Å². The van der Waals surface area contributed by atoms with E-state index >= 15 is 0 Å². The maximum atomic E-state index is 11.5. The molecule has 0 saturated carbocycles. The van der Waals surface area contributed by atoms with Gasteiger partial charge in [0.1, 0.15) is 18.4 Å². The van der Waals surface area contributed by atoms with Gasteiger partial charge in [0.05, 0.1) is 18.9 Å². The van der Waals surface area contributed by atoms with Gasteiger partial charge in [-0.3, -0.25) is 4.79 Å². The highest BCUT2D eigenvalue weighted by atomic mass is 16.5. The fraction of sp³-hybridized carbons (Fsp3) is 0.467. The van der Waals surface area contributed by atoms with Crippen LogP contribution in [0.4, 0.5) is 5.69 Å². The van der Waals surface area contributed by atoms with Crippen molar-refractivity contribution in [2.75, 3.05) is 32.2 Å². The molecule has 0 radical (unpaired) electrons. The molecule has 196 valence electrons.